The van der Waals surface area contributed by atoms with Crippen LogP contribution in [0.5, 0.6) is 5.75 Å². The van der Waals surface area contributed by atoms with Gasteiger partial charge in [-0.15, -0.1) is 0 Å². The molecule has 0 spiro atoms. The van der Waals surface area contributed by atoms with Crippen molar-refractivity contribution in [3.05, 3.63) is 59.4 Å². The van der Waals surface area contributed by atoms with Crippen LogP contribution in [-0.4, -0.2) is 48.2 Å². The molecule has 0 saturated carbocycles. The van der Waals surface area contributed by atoms with Gasteiger partial charge in [-0.05, 0) is 31.0 Å². The maximum atomic E-state index is 12.6. The number of benzene rings is 1. The quantitative estimate of drug-likeness (QED) is 0.800. The van der Waals surface area contributed by atoms with Crippen molar-refractivity contribution in [3.8, 4) is 5.75 Å². The molecule has 138 valence electrons. The highest BCUT2D eigenvalue weighted by atomic mass is 16.5. The lowest BCUT2D eigenvalue weighted by molar-refractivity contribution is -0.140. The van der Waals surface area contributed by atoms with Gasteiger partial charge in [0.1, 0.15) is 5.75 Å². The smallest absolute Gasteiger partial charge is 0.260 e. The molecule has 26 heavy (non-hydrogen) atoms. The summed E-state index contributed by atoms with van der Waals surface area (Å²) >= 11 is 0. The summed E-state index contributed by atoms with van der Waals surface area (Å²) in [5, 5.41) is 0. The second kappa shape index (κ2) is 8.81. The average molecular weight is 354 g/mol. The first kappa shape index (κ1) is 18.4. The molecule has 2 heterocycles. The molecule has 5 heteroatoms. The number of aryl methyl sites for hydroxylation is 2. The number of carbonyl (C=O) groups is 1. The molecule has 0 radical (unpaired) electrons. The molecule has 1 aliphatic rings. The Hall–Kier alpha value is -2.40. The Morgan fingerprint density at radius 1 is 1.27 bits per heavy atom. The molecule has 0 aliphatic carbocycles. The van der Waals surface area contributed by atoms with Crippen molar-refractivity contribution in [1.29, 1.82) is 0 Å². The predicted octanol–water partition coefficient (Wildman–Crippen LogP) is 2.80. The fraction of sp³-hybridized carbons (Fsp3) is 0.429. The van der Waals surface area contributed by atoms with Gasteiger partial charge in [-0.1, -0.05) is 37.3 Å². The van der Waals surface area contributed by atoms with E-state index in [0.29, 0.717) is 25.4 Å². The topological polar surface area (TPSA) is 51.7 Å². The third kappa shape index (κ3) is 4.82. The number of morpholine rings is 1. The van der Waals surface area contributed by atoms with Crippen molar-refractivity contribution in [3.63, 3.8) is 0 Å². The van der Waals surface area contributed by atoms with Crippen molar-refractivity contribution < 1.29 is 14.3 Å². The van der Waals surface area contributed by atoms with E-state index < -0.39 is 0 Å². The summed E-state index contributed by atoms with van der Waals surface area (Å²) in [6.45, 7) is 5.80. The molecule has 0 bridgehead atoms. The molecule has 1 aliphatic heterocycles. The summed E-state index contributed by atoms with van der Waals surface area (Å²) in [7, 11) is 0. The van der Waals surface area contributed by atoms with Gasteiger partial charge >= 0.3 is 0 Å². The second-order valence-electron chi connectivity index (χ2n) is 6.56. The minimum Gasteiger partial charge on any atom is -0.482 e. The van der Waals surface area contributed by atoms with Gasteiger partial charge in [-0.25, -0.2) is 0 Å². The van der Waals surface area contributed by atoms with Gasteiger partial charge < -0.3 is 14.4 Å². The van der Waals surface area contributed by atoms with Crippen LogP contribution in [0.15, 0.2) is 42.5 Å². The Labute approximate surface area is 155 Å². The SMILES string of the molecule is CCc1nc(C)ccc1OCC(=O)N1CCOC(Cc2ccccc2)C1. The Kier molecular flexibility index (Phi) is 6.23. The van der Waals surface area contributed by atoms with E-state index in [1.54, 1.807) is 0 Å². The standard InChI is InChI=1S/C21H26N2O3/c1-3-19-20(10-9-16(2)22-19)26-15-21(24)23-11-12-25-18(14-23)13-17-7-5-4-6-8-17/h4-10,18H,3,11-15H2,1-2H3. The first-order valence-corrected chi connectivity index (χ1v) is 9.18. The summed E-state index contributed by atoms with van der Waals surface area (Å²) in [5.41, 5.74) is 3.07. The van der Waals surface area contributed by atoms with Crippen LogP contribution >= 0.6 is 0 Å². The molecule has 3 rings (SSSR count). The Morgan fingerprint density at radius 3 is 2.85 bits per heavy atom. The van der Waals surface area contributed by atoms with Crippen LogP contribution in [0.3, 0.4) is 0 Å². The van der Waals surface area contributed by atoms with Gasteiger partial charge in [-0.2, -0.15) is 0 Å². The zero-order chi connectivity index (χ0) is 18.4. The maximum absolute atomic E-state index is 12.6. The highest BCUT2D eigenvalue weighted by Gasteiger charge is 2.24. The molecule has 1 fully saturated rings. The molecule has 1 atom stereocenters. The second-order valence-corrected chi connectivity index (χ2v) is 6.56. The summed E-state index contributed by atoms with van der Waals surface area (Å²) in [5.74, 6) is 0.689. The summed E-state index contributed by atoms with van der Waals surface area (Å²) < 4.78 is 11.6. The Morgan fingerprint density at radius 2 is 2.08 bits per heavy atom. The lowest BCUT2D eigenvalue weighted by atomic mass is 10.1. The zero-order valence-corrected chi connectivity index (χ0v) is 15.5. The number of aromatic nitrogens is 1. The maximum Gasteiger partial charge on any atom is 0.260 e. The van der Waals surface area contributed by atoms with Crippen molar-refractivity contribution in [2.45, 2.75) is 32.8 Å². The highest BCUT2D eigenvalue weighted by Crippen LogP contribution is 2.18. The summed E-state index contributed by atoms with van der Waals surface area (Å²) in [4.78, 5) is 18.9. The lowest BCUT2D eigenvalue weighted by Crippen LogP contribution is -2.47. The minimum absolute atomic E-state index is 0.00557. The largest absolute Gasteiger partial charge is 0.482 e. The molecule has 5 nitrogen and oxygen atoms in total. The van der Waals surface area contributed by atoms with Gasteiger partial charge in [0.05, 0.1) is 18.4 Å². The highest BCUT2D eigenvalue weighted by molar-refractivity contribution is 5.78. The van der Waals surface area contributed by atoms with Crippen LogP contribution in [0.2, 0.25) is 0 Å². The number of ether oxygens (including phenoxy) is 2. The minimum atomic E-state index is -0.00557. The van der Waals surface area contributed by atoms with E-state index in [4.69, 9.17) is 9.47 Å². The Bertz CT molecular complexity index is 733. The summed E-state index contributed by atoms with van der Waals surface area (Å²) in [6, 6.07) is 14.0. The van der Waals surface area contributed by atoms with Crippen LogP contribution in [0.25, 0.3) is 0 Å². The monoisotopic (exact) mass is 354 g/mol. The fourth-order valence-electron chi connectivity index (χ4n) is 3.16. The van der Waals surface area contributed by atoms with Crippen molar-refractivity contribution in [2.75, 3.05) is 26.3 Å². The first-order chi connectivity index (χ1) is 12.7. The van der Waals surface area contributed by atoms with Crippen molar-refractivity contribution in [2.24, 2.45) is 0 Å². The lowest BCUT2D eigenvalue weighted by Gasteiger charge is -2.33. The van der Waals surface area contributed by atoms with E-state index in [-0.39, 0.29) is 18.6 Å². The van der Waals surface area contributed by atoms with E-state index >= 15 is 0 Å². The van der Waals surface area contributed by atoms with Gasteiger partial charge in [0.15, 0.2) is 6.61 Å². The van der Waals surface area contributed by atoms with E-state index in [1.807, 2.05) is 49.1 Å². The fourth-order valence-corrected chi connectivity index (χ4v) is 3.16. The zero-order valence-electron chi connectivity index (χ0n) is 15.5. The number of amides is 1. The van der Waals surface area contributed by atoms with Crippen molar-refractivity contribution in [1.82, 2.24) is 9.88 Å². The van der Waals surface area contributed by atoms with Gasteiger partial charge in [0.2, 0.25) is 0 Å². The third-order valence-electron chi connectivity index (χ3n) is 4.56. The van der Waals surface area contributed by atoms with Gasteiger partial charge in [0.25, 0.3) is 5.91 Å². The number of nitrogens with zero attached hydrogens (tertiary/aromatic N) is 2. The molecule has 1 unspecified atom stereocenters. The Balaban J connectivity index is 1.54. The van der Waals surface area contributed by atoms with Crippen LogP contribution in [0.4, 0.5) is 0 Å². The van der Waals surface area contributed by atoms with E-state index in [0.717, 1.165) is 24.2 Å². The molecule has 1 saturated heterocycles. The first-order valence-electron chi connectivity index (χ1n) is 9.18. The summed E-state index contributed by atoms with van der Waals surface area (Å²) in [6.07, 6.45) is 1.62. The molecule has 1 aromatic heterocycles. The van der Waals surface area contributed by atoms with Crippen LogP contribution in [0.1, 0.15) is 23.9 Å². The predicted molar refractivity (Wildman–Crippen MR) is 100 cm³/mol. The number of pyridine rings is 1. The average Bonchev–Trinajstić information content (AvgIpc) is 2.67. The normalized spacial score (nSPS) is 17.2. The van der Waals surface area contributed by atoms with Crippen LogP contribution < -0.4 is 4.74 Å². The number of rotatable bonds is 6. The number of hydrogen-bond donors (Lipinski definition) is 0. The number of hydrogen-bond acceptors (Lipinski definition) is 4. The van der Waals surface area contributed by atoms with Gasteiger partial charge in [0, 0.05) is 25.2 Å². The van der Waals surface area contributed by atoms with Gasteiger partial charge in [-0.3, -0.25) is 9.78 Å². The van der Waals surface area contributed by atoms with E-state index in [9.17, 15) is 4.79 Å². The molecular formula is C21H26N2O3. The van der Waals surface area contributed by atoms with Crippen LogP contribution in [-0.2, 0) is 22.4 Å². The molecule has 2 aromatic rings. The molecule has 1 amide bonds. The van der Waals surface area contributed by atoms with E-state index in [1.165, 1.54) is 5.56 Å². The molecule has 0 N–H and O–H groups in total. The molecular weight excluding hydrogens is 328 g/mol. The van der Waals surface area contributed by atoms with Crippen molar-refractivity contribution >= 4 is 5.91 Å². The number of carbonyl (C=O) groups excluding carboxylic acids is 1. The molecule has 1 aromatic carbocycles. The van der Waals surface area contributed by atoms with E-state index in [2.05, 4.69) is 17.1 Å². The third-order valence-corrected chi connectivity index (χ3v) is 4.56. The van der Waals surface area contributed by atoms with Crippen LogP contribution in [0, 0.1) is 6.92 Å².